The van der Waals surface area contributed by atoms with Gasteiger partial charge in [-0.15, -0.1) is 0 Å². The van der Waals surface area contributed by atoms with Crippen molar-refractivity contribution in [3.05, 3.63) is 0 Å². The lowest BCUT2D eigenvalue weighted by molar-refractivity contribution is -0.122. The van der Waals surface area contributed by atoms with Gasteiger partial charge in [0.15, 0.2) is 0 Å². The van der Waals surface area contributed by atoms with Crippen LogP contribution >= 0.6 is 11.8 Å². The largest absolute Gasteiger partial charge is 0.356 e. The molecule has 2 heterocycles. The summed E-state index contributed by atoms with van der Waals surface area (Å²) in [7, 11) is 0. The summed E-state index contributed by atoms with van der Waals surface area (Å²) < 4.78 is 0. The van der Waals surface area contributed by atoms with Crippen LogP contribution in [0.5, 0.6) is 0 Å². The van der Waals surface area contributed by atoms with Crippen LogP contribution in [0.2, 0.25) is 0 Å². The molecule has 9 heteroatoms. The van der Waals surface area contributed by atoms with E-state index in [1.54, 1.807) is 0 Å². The van der Waals surface area contributed by atoms with E-state index in [0.717, 1.165) is 44.3 Å². The maximum Gasteiger partial charge on any atom is 0.315 e. The number of hydrogen-bond acceptors (Lipinski definition) is 5. The highest BCUT2D eigenvalue weighted by Gasteiger charge is 2.42. The molecule has 0 saturated carbocycles. The molecular formula is C20H34N4O4S. The molecule has 1 unspecified atom stereocenters. The average molecular weight is 427 g/mol. The van der Waals surface area contributed by atoms with Crippen molar-refractivity contribution >= 4 is 35.4 Å². The molecule has 0 aliphatic carbocycles. The normalized spacial score (nSPS) is 22.5. The van der Waals surface area contributed by atoms with Crippen molar-refractivity contribution in [2.45, 2.75) is 82.0 Å². The van der Waals surface area contributed by atoms with Crippen molar-refractivity contribution in [3.8, 4) is 0 Å². The molecule has 0 bridgehead atoms. The first kappa shape index (κ1) is 23.5. The van der Waals surface area contributed by atoms with Gasteiger partial charge >= 0.3 is 6.03 Å². The summed E-state index contributed by atoms with van der Waals surface area (Å²) in [5.74, 6) is 1.11. The number of carbonyl (C=O) groups excluding carboxylic acids is 4. The fourth-order valence-corrected chi connectivity index (χ4v) is 5.19. The van der Waals surface area contributed by atoms with Crippen LogP contribution in [0.15, 0.2) is 0 Å². The number of hydrogen-bond donors (Lipinski definition) is 4. The third-order valence-electron chi connectivity index (χ3n) is 5.28. The van der Waals surface area contributed by atoms with Gasteiger partial charge in [-0.3, -0.25) is 14.4 Å². The maximum absolute atomic E-state index is 11.9. The number of carbonyl (C=O) groups is 4. The average Bonchev–Trinajstić information content (AvgIpc) is 3.20. The molecule has 2 saturated heterocycles. The summed E-state index contributed by atoms with van der Waals surface area (Å²) in [4.78, 5) is 45.6. The molecule has 8 nitrogen and oxygen atoms in total. The van der Waals surface area contributed by atoms with Crippen molar-refractivity contribution in [1.29, 1.82) is 0 Å². The summed E-state index contributed by atoms with van der Waals surface area (Å²) in [5, 5.41) is 12.1. The van der Waals surface area contributed by atoms with Gasteiger partial charge in [-0.2, -0.15) is 11.8 Å². The number of Topliss-reactive ketones (excluding diaryl/α,β-unsaturated/α-hetero) is 1. The van der Waals surface area contributed by atoms with Gasteiger partial charge in [0.05, 0.1) is 12.1 Å². The van der Waals surface area contributed by atoms with Crippen LogP contribution in [-0.4, -0.2) is 59.8 Å². The molecule has 29 heavy (non-hydrogen) atoms. The van der Waals surface area contributed by atoms with Crippen molar-refractivity contribution in [3.63, 3.8) is 0 Å². The second kappa shape index (κ2) is 12.7. The third kappa shape index (κ3) is 9.06. The Morgan fingerprint density at radius 1 is 0.931 bits per heavy atom. The number of urea groups is 1. The number of amides is 4. The van der Waals surface area contributed by atoms with Gasteiger partial charge in [0.2, 0.25) is 11.8 Å². The van der Waals surface area contributed by atoms with Crippen LogP contribution in [0.25, 0.3) is 0 Å². The molecule has 2 aliphatic rings. The highest BCUT2D eigenvalue weighted by molar-refractivity contribution is 8.00. The van der Waals surface area contributed by atoms with Gasteiger partial charge in [-0.1, -0.05) is 12.8 Å². The molecular weight excluding hydrogens is 392 g/mol. The Balaban J connectivity index is 1.39. The Kier molecular flexibility index (Phi) is 10.3. The number of thioether (sulfide) groups is 1. The van der Waals surface area contributed by atoms with Crippen LogP contribution in [0.1, 0.15) is 64.7 Å². The molecule has 164 valence electrons. The first-order valence-corrected chi connectivity index (χ1v) is 11.7. The first-order valence-electron chi connectivity index (χ1n) is 10.7. The van der Waals surface area contributed by atoms with Gasteiger partial charge in [0, 0.05) is 43.4 Å². The Hall–Kier alpha value is -1.77. The summed E-state index contributed by atoms with van der Waals surface area (Å²) in [6, 6.07) is 0.434. The lowest BCUT2D eigenvalue weighted by atomic mass is 10.0. The van der Waals surface area contributed by atoms with E-state index in [4.69, 9.17) is 0 Å². The number of nitrogens with one attached hydrogen (secondary N) is 4. The van der Waals surface area contributed by atoms with Crippen LogP contribution in [-0.2, 0) is 14.4 Å². The van der Waals surface area contributed by atoms with E-state index in [-0.39, 0.29) is 35.7 Å². The molecule has 4 N–H and O–H groups in total. The third-order valence-corrected chi connectivity index (χ3v) is 6.79. The van der Waals surface area contributed by atoms with Gasteiger partial charge in [-0.05, 0) is 32.6 Å². The van der Waals surface area contributed by atoms with E-state index in [0.29, 0.717) is 37.6 Å². The molecule has 0 aromatic carbocycles. The van der Waals surface area contributed by atoms with Gasteiger partial charge in [0.25, 0.3) is 0 Å². The van der Waals surface area contributed by atoms with Crippen LogP contribution in [0.4, 0.5) is 4.79 Å². The van der Waals surface area contributed by atoms with E-state index >= 15 is 0 Å². The molecule has 2 rings (SSSR count). The molecule has 0 radical (unpaired) electrons. The molecule has 4 amide bonds. The molecule has 3 atom stereocenters. The van der Waals surface area contributed by atoms with Crippen LogP contribution in [0, 0.1) is 0 Å². The lowest BCUT2D eigenvalue weighted by Crippen LogP contribution is -2.36. The molecule has 0 aromatic heterocycles. The predicted molar refractivity (Wildman–Crippen MR) is 114 cm³/mol. The van der Waals surface area contributed by atoms with E-state index in [1.165, 1.54) is 6.92 Å². The van der Waals surface area contributed by atoms with Crippen LogP contribution in [0.3, 0.4) is 0 Å². The zero-order chi connectivity index (χ0) is 21.1. The zero-order valence-electron chi connectivity index (χ0n) is 17.3. The number of unbranched alkanes of at least 4 members (excludes halogenated alkanes) is 3. The smallest absolute Gasteiger partial charge is 0.315 e. The Morgan fingerprint density at radius 2 is 1.62 bits per heavy atom. The standard InChI is InChI=1S/C20H34N4O4S/c1-14(25)10-12-22-18(27)8-3-2-6-11-21-17(26)9-5-4-7-16-19-15(13-29-16)23-20(28)24-19/h15-16,19H,2-13H2,1H3,(H,21,26)(H,22,27)(H2,23,24,28)/t15-,16?,19-/m0/s1. The fourth-order valence-electron chi connectivity index (χ4n) is 3.64. The lowest BCUT2D eigenvalue weighted by Gasteiger charge is -2.16. The number of ketones is 1. The van der Waals surface area contributed by atoms with E-state index in [9.17, 15) is 19.2 Å². The Bertz CT molecular complexity index is 587. The monoisotopic (exact) mass is 426 g/mol. The topological polar surface area (TPSA) is 116 Å². The number of rotatable bonds is 14. The summed E-state index contributed by atoms with van der Waals surface area (Å²) in [5.41, 5.74) is 0. The predicted octanol–water partition coefficient (Wildman–Crippen LogP) is 1.48. The minimum absolute atomic E-state index is 0.0185. The van der Waals surface area contributed by atoms with Crippen molar-refractivity contribution in [2.75, 3.05) is 18.8 Å². The van der Waals surface area contributed by atoms with E-state index in [1.807, 2.05) is 11.8 Å². The minimum atomic E-state index is -0.0571. The van der Waals surface area contributed by atoms with Crippen molar-refractivity contribution in [2.24, 2.45) is 0 Å². The summed E-state index contributed by atoms with van der Waals surface area (Å²) in [6.45, 7) is 2.57. The maximum atomic E-state index is 11.9. The summed E-state index contributed by atoms with van der Waals surface area (Å²) >= 11 is 1.90. The SMILES string of the molecule is CC(=O)CCNC(=O)CCCCCNC(=O)CCCCC1SC[C@@H]2NC(=O)N[C@H]12. The Labute approximate surface area is 177 Å². The minimum Gasteiger partial charge on any atom is -0.356 e. The Morgan fingerprint density at radius 3 is 2.34 bits per heavy atom. The highest BCUT2D eigenvalue weighted by atomic mass is 32.2. The molecule has 2 fully saturated rings. The molecule has 0 spiro atoms. The number of fused-ring (bicyclic) bond motifs is 1. The highest BCUT2D eigenvalue weighted by Crippen LogP contribution is 2.33. The van der Waals surface area contributed by atoms with Gasteiger partial charge in [0.1, 0.15) is 5.78 Å². The molecule has 0 aromatic rings. The fraction of sp³-hybridized carbons (Fsp3) is 0.800. The van der Waals surface area contributed by atoms with E-state index < -0.39 is 0 Å². The van der Waals surface area contributed by atoms with Crippen molar-refractivity contribution in [1.82, 2.24) is 21.3 Å². The second-order valence-corrected chi connectivity index (χ2v) is 9.10. The van der Waals surface area contributed by atoms with Gasteiger partial charge in [-0.25, -0.2) is 4.79 Å². The first-order chi connectivity index (χ1) is 14.0. The second-order valence-electron chi connectivity index (χ2n) is 7.83. The molecule has 2 aliphatic heterocycles. The van der Waals surface area contributed by atoms with Crippen molar-refractivity contribution < 1.29 is 19.2 Å². The van der Waals surface area contributed by atoms with Gasteiger partial charge < -0.3 is 21.3 Å². The quantitative estimate of drug-likeness (QED) is 0.248. The summed E-state index contributed by atoms with van der Waals surface area (Å²) in [6.07, 6.45) is 6.79. The zero-order valence-corrected chi connectivity index (χ0v) is 18.1. The van der Waals surface area contributed by atoms with E-state index in [2.05, 4.69) is 21.3 Å². The van der Waals surface area contributed by atoms with Crippen LogP contribution < -0.4 is 21.3 Å².